The number of fused-ring (bicyclic) bond motifs is 2. The van der Waals surface area contributed by atoms with Gasteiger partial charge in [-0.05, 0) is 44.8 Å². The van der Waals surface area contributed by atoms with Gasteiger partial charge in [-0.25, -0.2) is 4.79 Å². The fourth-order valence-corrected chi connectivity index (χ4v) is 2.78. The second-order valence-corrected chi connectivity index (χ2v) is 5.21. The maximum Gasteiger partial charge on any atom is 0.346 e. The minimum absolute atomic E-state index is 0.375. The van der Waals surface area contributed by atoms with Crippen LogP contribution in [0.2, 0.25) is 0 Å². The van der Waals surface area contributed by atoms with Crippen molar-refractivity contribution in [2.24, 2.45) is 0 Å². The van der Waals surface area contributed by atoms with E-state index in [1.807, 2.05) is 13.0 Å². The van der Waals surface area contributed by atoms with Crippen molar-refractivity contribution in [1.29, 1.82) is 0 Å². The van der Waals surface area contributed by atoms with E-state index in [9.17, 15) is 9.90 Å². The van der Waals surface area contributed by atoms with Crippen LogP contribution in [0, 0.1) is 6.92 Å². The van der Waals surface area contributed by atoms with E-state index >= 15 is 0 Å². The molecule has 1 fully saturated rings. The Hall–Kier alpha value is -1.55. The van der Waals surface area contributed by atoms with Gasteiger partial charge >= 0.3 is 5.63 Å². The molecule has 0 spiro atoms. The van der Waals surface area contributed by atoms with Crippen LogP contribution in [0.3, 0.4) is 0 Å². The molecule has 2 atom stereocenters. The summed E-state index contributed by atoms with van der Waals surface area (Å²) < 4.78 is 11.0. The van der Waals surface area contributed by atoms with E-state index in [0.29, 0.717) is 17.1 Å². The summed E-state index contributed by atoms with van der Waals surface area (Å²) in [6, 6.07) is 1.70. The van der Waals surface area contributed by atoms with Gasteiger partial charge in [0.15, 0.2) is 5.60 Å². The third-order valence-corrected chi connectivity index (χ3v) is 3.91. The van der Waals surface area contributed by atoms with Gasteiger partial charge in [-0.3, -0.25) is 0 Å². The summed E-state index contributed by atoms with van der Waals surface area (Å²) in [5, 5.41) is 10.2. The standard InChI is InChI=1S/C14H16O4/c1-8-6-11-10(13(16)17-8)7-9-4-3-5-12(15)14(9,2)18-11/h6-7,12,15H,3-5H2,1-2H3/t12?,14-/m0/s1. The number of aryl methyl sites for hydroxylation is 1. The van der Waals surface area contributed by atoms with Crippen LogP contribution in [-0.4, -0.2) is 16.8 Å². The van der Waals surface area contributed by atoms with Gasteiger partial charge < -0.3 is 14.3 Å². The maximum atomic E-state index is 11.8. The second kappa shape index (κ2) is 3.72. The van der Waals surface area contributed by atoms with Gasteiger partial charge in [0.05, 0.1) is 6.10 Å². The Bertz CT molecular complexity index is 584. The van der Waals surface area contributed by atoms with E-state index in [2.05, 4.69) is 0 Å². The van der Waals surface area contributed by atoms with Crippen LogP contribution in [0.5, 0.6) is 5.75 Å². The first-order valence-electron chi connectivity index (χ1n) is 6.23. The zero-order valence-corrected chi connectivity index (χ0v) is 10.5. The van der Waals surface area contributed by atoms with E-state index in [0.717, 1.165) is 24.8 Å². The summed E-state index contributed by atoms with van der Waals surface area (Å²) in [6.45, 7) is 3.60. The second-order valence-electron chi connectivity index (χ2n) is 5.21. The third-order valence-electron chi connectivity index (χ3n) is 3.91. The Kier molecular flexibility index (Phi) is 2.38. The van der Waals surface area contributed by atoms with Crippen molar-refractivity contribution in [3.8, 4) is 5.75 Å². The number of aliphatic hydroxyl groups excluding tert-OH is 1. The van der Waals surface area contributed by atoms with E-state index in [4.69, 9.17) is 9.15 Å². The minimum atomic E-state index is -0.703. The van der Waals surface area contributed by atoms with Crippen LogP contribution in [0.4, 0.5) is 0 Å². The largest absolute Gasteiger partial charge is 0.479 e. The predicted octanol–water partition coefficient (Wildman–Crippen LogP) is 2.03. The Morgan fingerprint density at radius 1 is 1.50 bits per heavy atom. The molecular weight excluding hydrogens is 232 g/mol. The molecule has 1 saturated carbocycles. The number of hydrogen-bond donors (Lipinski definition) is 1. The highest BCUT2D eigenvalue weighted by atomic mass is 16.5. The molecule has 2 heterocycles. The number of rotatable bonds is 0. The Morgan fingerprint density at radius 3 is 3.06 bits per heavy atom. The summed E-state index contributed by atoms with van der Waals surface area (Å²) in [5.74, 6) is 1.03. The molecule has 1 aromatic heterocycles. The highest BCUT2D eigenvalue weighted by Gasteiger charge is 2.44. The minimum Gasteiger partial charge on any atom is -0.479 e. The van der Waals surface area contributed by atoms with Crippen LogP contribution in [0.25, 0.3) is 6.08 Å². The molecule has 2 aliphatic rings. The average molecular weight is 248 g/mol. The number of hydrogen-bond acceptors (Lipinski definition) is 4. The van der Waals surface area contributed by atoms with Crippen LogP contribution in [0.15, 0.2) is 20.9 Å². The molecule has 1 aliphatic carbocycles. The molecule has 4 nitrogen and oxygen atoms in total. The molecule has 0 amide bonds. The van der Waals surface area contributed by atoms with Crippen LogP contribution in [-0.2, 0) is 0 Å². The lowest BCUT2D eigenvalue weighted by Crippen LogP contribution is -2.50. The molecule has 0 aromatic carbocycles. The molecule has 1 aromatic rings. The smallest absolute Gasteiger partial charge is 0.346 e. The highest BCUT2D eigenvalue weighted by molar-refractivity contribution is 5.64. The van der Waals surface area contributed by atoms with Gasteiger partial charge in [0, 0.05) is 6.07 Å². The van der Waals surface area contributed by atoms with Gasteiger partial charge in [0.25, 0.3) is 0 Å². The van der Waals surface area contributed by atoms with E-state index in [1.165, 1.54) is 0 Å². The monoisotopic (exact) mass is 248 g/mol. The first-order chi connectivity index (χ1) is 8.50. The van der Waals surface area contributed by atoms with Gasteiger partial charge in [0.2, 0.25) is 0 Å². The molecular formula is C14H16O4. The Labute approximate surface area is 105 Å². The summed E-state index contributed by atoms with van der Waals surface area (Å²) in [6.07, 6.45) is 3.78. The van der Waals surface area contributed by atoms with Gasteiger partial charge in [-0.1, -0.05) is 0 Å². The SMILES string of the molecule is Cc1cc2c(c(=O)o1)C=C1CCCC(O)[C@@]1(C)O2. The van der Waals surface area contributed by atoms with Gasteiger partial charge in [-0.15, -0.1) is 0 Å². The lowest BCUT2D eigenvalue weighted by Gasteiger charge is -2.43. The first kappa shape index (κ1) is 11.5. The zero-order chi connectivity index (χ0) is 12.9. The Morgan fingerprint density at radius 2 is 2.28 bits per heavy atom. The van der Waals surface area contributed by atoms with Crippen molar-refractivity contribution in [3.05, 3.63) is 33.4 Å². The van der Waals surface area contributed by atoms with Crippen molar-refractivity contribution in [2.75, 3.05) is 0 Å². The quantitative estimate of drug-likeness (QED) is 0.763. The number of aliphatic hydroxyl groups is 1. The molecule has 0 radical (unpaired) electrons. The molecule has 3 rings (SSSR count). The van der Waals surface area contributed by atoms with Crippen LogP contribution in [0.1, 0.15) is 37.5 Å². The van der Waals surface area contributed by atoms with Gasteiger partial charge in [-0.2, -0.15) is 0 Å². The molecule has 18 heavy (non-hydrogen) atoms. The topological polar surface area (TPSA) is 59.7 Å². The van der Waals surface area contributed by atoms with E-state index in [1.54, 1.807) is 13.0 Å². The number of ether oxygens (including phenoxy) is 1. The summed E-state index contributed by atoms with van der Waals surface area (Å²) >= 11 is 0. The summed E-state index contributed by atoms with van der Waals surface area (Å²) in [7, 11) is 0. The van der Waals surface area contributed by atoms with Crippen molar-refractivity contribution in [2.45, 2.75) is 44.8 Å². The predicted molar refractivity (Wildman–Crippen MR) is 66.6 cm³/mol. The van der Waals surface area contributed by atoms with Crippen molar-refractivity contribution in [1.82, 2.24) is 0 Å². The first-order valence-corrected chi connectivity index (χ1v) is 6.23. The lowest BCUT2D eigenvalue weighted by atomic mass is 9.77. The normalized spacial score (nSPS) is 29.9. The van der Waals surface area contributed by atoms with Gasteiger partial charge in [0.1, 0.15) is 17.1 Å². The molecule has 1 unspecified atom stereocenters. The molecule has 0 saturated heterocycles. The van der Waals surface area contributed by atoms with Crippen LogP contribution >= 0.6 is 0 Å². The van der Waals surface area contributed by atoms with Crippen LogP contribution < -0.4 is 10.4 Å². The molecule has 96 valence electrons. The summed E-state index contributed by atoms with van der Waals surface area (Å²) in [5.41, 5.74) is 0.359. The molecule has 1 N–H and O–H groups in total. The van der Waals surface area contributed by atoms with E-state index in [-0.39, 0.29) is 5.63 Å². The fraction of sp³-hybridized carbons (Fsp3) is 0.500. The van der Waals surface area contributed by atoms with Crippen molar-refractivity contribution >= 4 is 6.08 Å². The fourth-order valence-electron chi connectivity index (χ4n) is 2.78. The third kappa shape index (κ3) is 1.52. The van der Waals surface area contributed by atoms with Crippen molar-refractivity contribution in [3.63, 3.8) is 0 Å². The molecule has 0 bridgehead atoms. The summed E-state index contributed by atoms with van der Waals surface area (Å²) in [4.78, 5) is 11.8. The molecule has 4 heteroatoms. The highest BCUT2D eigenvalue weighted by Crippen LogP contribution is 2.42. The van der Waals surface area contributed by atoms with E-state index < -0.39 is 11.7 Å². The zero-order valence-electron chi connectivity index (χ0n) is 10.5. The Balaban J connectivity index is 2.19. The lowest BCUT2D eigenvalue weighted by molar-refractivity contribution is -0.0357. The maximum absolute atomic E-state index is 11.8. The molecule has 1 aliphatic heterocycles. The average Bonchev–Trinajstić information content (AvgIpc) is 2.29. The van der Waals surface area contributed by atoms with Crippen molar-refractivity contribution < 1.29 is 14.3 Å².